The zero-order valence-electron chi connectivity index (χ0n) is 20.5. The van der Waals surface area contributed by atoms with Gasteiger partial charge in [-0.2, -0.15) is 13.2 Å². The first kappa shape index (κ1) is 27.4. The normalized spacial score (nSPS) is 13.0. The monoisotopic (exact) mass is 488 g/mol. The van der Waals surface area contributed by atoms with E-state index < -0.39 is 32.6 Å². The molecule has 34 heavy (non-hydrogen) atoms. The van der Waals surface area contributed by atoms with Crippen LogP contribution in [0.2, 0.25) is 18.1 Å². The average Bonchev–Trinajstić information content (AvgIpc) is 2.76. The lowest BCUT2D eigenvalue weighted by molar-refractivity contribution is -0.0977. The molecule has 7 heteroatoms. The number of carbonyl (C=O) groups is 1. The van der Waals surface area contributed by atoms with E-state index in [2.05, 4.69) is 16.6 Å². The zero-order valence-corrected chi connectivity index (χ0v) is 21.5. The van der Waals surface area contributed by atoms with Gasteiger partial charge in [-0.15, -0.1) is 0 Å². The molecule has 182 valence electrons. The van der Waals surface area contributed by atoms with Gasteiger partial charge in [0.25, 0.3) is 0 Å². The molecule has 0 aliphatic carbocycles. The van der Waals surface area contributed by atoms with Gasteiger partial charge in [-0.3, -0.25) is 0 Å². The third-order valence-corrected chi connectivity index (χ3v) is 10.5. The SMILES string of the molecule is COC(=O)c1ccc(C#C/C(Cc2ccccc2)=C(\CO[Si](C)(C)C(C)(C)C)C(F)(F)F)cc1. The lowest BCUT2D eigenvalue weighted by Crippen LogP contribution is -2.42. The van der Waals surface area contributed by atoms with Crippen LogP contribution >= 0.6 is 0 Å². The summed E-state index contributed by atoms with van der Waals surface area (Å²) in [7, 11) is -1.14. The van der Waals surface area contributed by atoms with Crippen molar-refractivity contribution in [3.05, 3.63) is 82.4 Å². The van der Waals surface area contributed by atoms with Crippen molar-refractivity contribution in [3.8, 4) is 11.8 Å². The first-order chi connectivity index (χ1) is 15.7. The standard InChI is InChI=1S/C27H31F3O3Si/c1-26(2,3)34(5,6)33-19-24(27(28,29)30)23(18-21-10-8-7-9-11-21)17-14-20-12-15-22(16-13-20)25(31)32-4/h7-13,15-16H,18-19H2,1-6H3/b24-23-. The van der Waals surface area contributed by atoms with Crippen LogP contribution in [0.5, 0.6) is 0 Å². The molecule has 3 nitrogen and oxygen atoms in total. The van der Waals surface area contributed by atoms with Crippen LogP contribution in [0.1, 0.15) is 42.3 Å². The van der Waals surface area contributed by atoms with E-state index in [1.807, 2.05) is 39.9 Å². The van der Waals surface area contributed by atoms with E-state index in [-0.39, 0.29) is 17.0 Å². The first-order valence-electron chi connectivity index (χ1n) is 10.9. The number of hydrogen-bond donors (Lipinski definition) is 0. The Labute approximate surface area is 201 Å². The van der Waals surface area contributed by atoms with Crippen LogP contribution in [0.15, 0.2) is 65.7 Å². The Morgan fingerprint density at radius 3 is 2.06 bits per heavy atom. The smallest absolute Gasteiger partial charge is 0.415 e. The number of halogens is 3. The van der Waals surface area contributed by atoms with Crippen molar-refractivity contribution in [3.63, 3.8) is 0 Å². The summed E-state index contributed by atoms with van der Waals surface area (Å²) in [6, 6.07) is 15.1. The van der Waals surface area contributed by atoms with Gasteiger partial charge in [0.15, 0.2) is 8.32 Å². The van der Waals surface area contributed by atoms with Crippen LogP contribution < -0.4 is 0 Å². The highest BCUT2D eigenvalue weighted by atomic mass is 28.4. The number of benzene rings is 2. The maximum atomic E-state index is 14.2. The van der Waals surface area contributed by atoms with E-state index in [0.29, 0.717) is 11.1 Å². The first-order valence-corrected chi connectivity index (χ1v) is 13.8. The van der Waals surface area contributed by atoms with Gasteiger partial charge in [-0.25, -0.2) is 4.79 Å². The number of methoxy groups -OCH3 is 1. The van der Waals surface area contributed by atoms with E-state index in [4.69, 9.17) is 4.43 Å². The number of allylic oxidation sites excluding steroid dienone is 1. The highest BCUT2D eigenvalue weighted by molar-refractivity contribution is 6.74. The minimum atomic E-state index is -4.59. The number of ether oxygens (including phenoxy) is 1. The Morgan fingerprint density at radius 2 is 1.56 bits per heavy atom. The Balaban J connectivity index is 2.51. The number of rotatable bonds is 6. The molecule has 0 heterocycles. The summed E-state index contributed by atoms with van der Waals surface area (Å²) in [5, 5.41) is -0.226. The largest absolute Gasteiger partial charge is 0.465 e. The molecular formula is C27H31F3O3Si. The summed E-state index contributed by atoms with van der Waals surface area (Å²) in [5.41, 5.74) is 0.758. The Morgan fingerprint density at radius 1 is 0.971 bits per heavy atom. The van der Waals surface area contributed by atoms with Gasteiger partial charge >= 0.3 is 12.1 Å². The van der Waals surface area contributed by atoms with E-state index in [1.54, 1.807) is 36.4 Å². The van der Waals surface area contributed by atoms with Gasteiger partial charge in [-0.05, 0) is 48.0 Å². The second-order valence-electron chi connectivity index (χ2n) is 9.49. The molecule has 0 atom stereocenters. The molecule has 0 saturated carbocycles. The number of hydrogen-bond acceptors (Lipinski definition) is 3. The Hall–Kier alpha value is -2.82. The van der Waals surface area contributed by atoms with Crippen molar-refractivity contribution in [1.82, 2.24) is 0 Å². The van der Waals surface area contributed by atoms with Crippen LogP contribution in [0.4, 0.5) is 13.2 Å². The molecule has 0 bridgehead atoms. The second-order valence-corrected chi connectivity index (χ2v) is 14.3. The highest BCUT2D eigenvalue weighted by Crippen LogP contribution is 2.38. The third kappa shape index (κ3) is 7.61. The van der Waals surface area contributed by atoms with Gasteiger partial charge in [-0.1, -0.05) is 62.9 Å². The summed E-state index contributed by atoms with van der Waals surface area (Å²) in [5.74, 6) is 5.09. The van der Waals surface area contributed by atoms with Crippen LogP contribution in [0.3, 0.4) is 0 Å². The number of carbonyl (C=O) groups excluding carboxylic acids is 1. The summed E-state index contributed by atoms with van der Waals surface area (Å²) in [4.78, 5) is 11.6. The highest BCUT2D eigenvalue weighted by Gasteiger charge is 2.41. The molecular weight excluding hydrogens is 457 g/mol. The van der Waals surface area contributed by atoms with Gasteiger partial charge in [0.05, 0.1) is 24.9 Å². The van der Waals surface area contributed by atoms with Crippen molar-refractivity contribution >= 4 is 14.3 Å². The lowest BCUT2D eigenvalue weighted by atomic mass is 9.99. The maximum absolute atomic E-state index is 14.2. The third-order valence-electron chi connectivity index (χ3n) is 5.98. The van der Waals surface area contributed by atoms with Gasteiger partial charge < -0.3 is 9.16 Å². The fourth-order valence-corrected chi connectivity index (χ4v) is 3.73. The molecule has 0 aliphatic rings. The van der Waals surface area contributed by atoms with Crippen molar-refractivity contribution in [2.24, 2.45) is 0 Å². The van der Waals surface area contributed by atoms with E-state index in [9.17, 15) is 18.0 Å². The van der Waals surface area contributed by atoms with Crippen LogP contribution in [0.25, 0.3) is 0 Å². The van der Waals surface area contributed by atoms with Gasteiger partial charge in [0.1, 0.15) is 0 Å². The number of alkyl halides is 3. The van der Waals surface area contributed by atoms with Crippen molar-refractivity contribution in [1.29, 1.82) is 0 Å². The molecule has 0 unspecified atom stereocenters. The van der Waals surface area contributed by atoms with Crippen LogP contribution in [-0.4, -0.2) is 34.2 Å². The average molecular weight is 489 g/mol. The molecule has 2 aromatic carbocycles. The molecule has 2 rings (SSSR count). The topological polar surface area (TPSA) is 35.5 Å². The van der Waals surface area contributed by atoms with E-state index in [0.717, 1.165) is 5.56 Å². The van der Waals surface area contributed by atoms with Crippen LogP contribution in [0, 0.1) is 11.8 Å². The summed E-state index contributed by atoms with van der Waals surface area (Å²) in [6.07, 6.45) is -4.56. The lowest BCUT2D eigenvalue weighted by Gasteiger charge is -2.36. The maximum Gasteiger partial charge on any atom is 0.415 e. The summed E-state index contributed by atoms with van der Waals surface area (Å²) < 4.78 is 53.2. The predicted molar refractivity (Wildman–Crippen MR) is 131 cm³/mol. The molecule has 0 radical (unpaired) electrons. The molecule has 0 saturated heterocycles. The fraction of sp³-hybridized carbons (Fsp3) is 0.370. The molecule has 2 aromatic rings. The summed E-state index contributed by atoms with van der Waals surface area (Å²) >= 11 is 0. The van der Waals surface area contributed by atoms with E-state index in [1.165, 1.54) is 19.2 Å². The number of esters is 1. The van der Waals surface area contributed by atoms with Crippen molar-refractivity contribution < 1.29 is 27.1 Å². The Kier molecular flexibility index (Phi) is 8.93. The van der Waals surface area contributed by atoms with Crippen molar-refractivity contribution in [2.75, 3.05) is 13.7 Å². The molecule has 0 spiro atoms. The van der Waals surface area contributed by atoms with Gasteiger partial charge in [0, 0.05) is 17.6 Å². The molecule has 0 fully saturated rings. The minimum Gasteiger partial charge on any atom is -0.465 e. The van der Waals surface area contributed by atoms with Crippen molar-refractivity contribution in [2.45, 2.75) is 51.5 Å². The molecule has 0 amide bonds. The summed E-state index contributed by atoms with van der Waals surface area (Å²) in [6.45, 7) is 9.26. The Bertz CT molecular complexity index is 1070. The molecule has 0 aromatic heterocycles. The predicted octanol–water partition coefficient (Wildman–Crippen LogP) is 6.95. The van der Waals surface area contributed by atoms with Crippen LogP contribution in [-0.2, 0) is 15.6 Å². The quantitative estimate of drug-likeness (QED) is 0.251. The van der Waals surface area contributed by atoms with E-state index >= 15 is 0 Å². The fourth-order valence-electron chi connectivity index (χ4n) is 2.79. The second kappa shape index (κ2) is 11.1. The minimum absolute atomic E-state index is 0.0315. The van der Waals surface area contributed by atoms with Gasteiger partial charge in [0.2, 0.25) is 0 Å². The molecule has 0 aliphatic heterocycles. The zero-order chi connectivity index (χ0) is 25.6. The molecule has 0 N–H and O–H groups in total.